The van der Waals surface area contributed by atoms with Crippen molar-refractivity contribution in [3.05, 3.63) is 161 Å². The number of thiazole rings is 1. The van der Waals surface area contributed by atoms with Gasteiger partial charge in [0, 0.05) is 46.9 Å². The van der Waals surface area contributed by atoms with Crippen LogP contribution in [0.2, 0.25) is 0 Å². The summed E-state index contributed by atoms with van der Waals surface area (Å²) in [4.78, 5) is 48.3. The summed E-state index contributed by atoms with van der Waals surface area (Å²) < 4.78 is 5.55. The molecule has 1 aromatic heterocycles. The number of nitrogens with one attached hydrogen (secondary N) is 3. The minimum absolute atomic E-state index is 0.0779. The lowest BCUT2D eigenvalue weighted by molar-refractivity contribution is -0.116. The first-order chi connectivity index (χ1) is 26.2. The van der Waals surface area contributed by atoms with Gasteiger partial charge in [-0.1, -0.05) is 66.7 Å². The van der Waals surface area contributed by atoms with E-state index in [-0.39, 0.29) is 11.6 Å². The Balaban J connectivity index is 1.20. The third-order valence-electron chi connectivity index (χ3n) is 8.13. The largest absolute Gasteiger partial charge is 0.494 e. The first-order valence-corrected chi connectivity index (χ1v) is 19.0. The second kappa shape index (κ2) is 18.0. The lowest BCUT2D eigenvalue weighted by Gasteiger charge is -2.17. The molecule has 11 heteroatoms. The monoisotopic (exact) mass is 753 g/mol. The van der Waals surface area contributed by atoms with Gasteiger partial charge < -0.3 is 25.6 Å². The lowest BCUT2D eigenvalue weighted by Crippen LogP contribution is -2.30. The van der Waals surface area contributed by atoms with E-state index in [1.165, 1.54) is 23.1 Å². The summed E-state index contributed by atoms with van der Waals surface area (Å²) in [5.41, 5.74) is 5.23. The molecule has 272 valence electrons. The lowest BCUT2D eigenvalue weighted by atomic mass is 10.1. The molecule has 0 radical (unpaired) electrons. The molecule has 1 unspecified atom stereocenters. The van der Waals surface area contributed by atoms with E-state index >= 15 is 0 Å². The van der Waals surface area contributed by atoms with Gasteiger partial charge in [0.1, 0.15) is 16.7 Å². The van der Waals surface area contributed by atoms with Gasteiger partial charge >= 0.3 is 0 Å². The molecule has 0 aliphatic rings. The first-order valence-electron chi connectivity index (χ1n) is 17.2. The average Bonchev–Trinajstić information content (AvgIpc) is 3.66. The van der Waals surface area contributed by atoms with Crippen molar-refractivity contribution in [3.63, 3.8) is 0 Å². The fourth-order valence-electron chi connectivity index (χ4n) is 5.38. The van der Waals surface area contributed by atoms with Crippen LogP contribution in [0.5, 0.6) is 5.75 Å². The van der Waals surface area contributed by atoms with E-state index in [0.717, 1.165) is 38.7 Å². The number of carbonyl (C=O) groups is 3. The van der Waals surface area contributed by atoms with Crippen molar-refractivity contribution >= 4 is 63.4 Å². The van der Waals surface area contributed by atoms with E-state index in [0.29, 0.717) is 23.0 Å². The number of amides is 3. The average molecular weight is 754 g/mol. The van der Waals surface area contributed by atoms with Crippen LogP contribution in [0.15, 0.2) is 149 Å². The summed E-state index contributed by atoms with van der Waals surface area (Å²) in [6, 6.07) is 40.8. The minimum atomic E-state index is -0.624. The predicted octanol–water partition coefficient (Wildman–Crippen LogP) is 9.16. The Morgan fingerprint density at radius 2 is 1.54 bits per heavy atom. The van der Waals surface area contributed by atoms with Crippen LogP contribution in [-0.2, 0) is 9.59 Å². The van der Waals surface area contributed by atoms with Crippen molar-refractivity contribution in [2.24, 2.45) is 0 Å². The van der Waals surface area contributed by atoms with Gasteiger partial charge in [-0.15, -0.1) is 23.1 Å². The Morgan fingerprint density at radius 3 is 2.22 bits per heavy atom. The smallest absolute Gasteiger partial charge is 0.272 e. The quantitative estimate of drug-likeness (QED) is 0.0752. The Hall–Kier alpha value is -6.17. The molecule has 0 aliphatic carbocycles. The Morgan fingerprint density at radius 1 is 0.833 bits per heavy atom. The maximum Gasteiger partial charge on any atom is 0.272 e. The summed E-state index contributed by atoms with van der Waals surface area (Å²) in [5, 5.41) is 10.5. The molecule has 5 aromatic carbocycles. The Kier molecular flexibility index (Phi) is 12.6. The summed E-state index contributed by atoms with van der Waals surface area (Å²) in [6.45, 7) is 2.53. The van der Waals surface area contributed by atoms with Crippen LogP contribution >= 0.6 is 23.1 Å². The highest BCUT2D eigenvalue weighted by Gasteiger charge is 2.24. The molecule has 0 saturated heterocycles. The molecular weight excluding hydrogens is 715 g/mol. The second-order valence-electron chi connectivity index (χ2n) is 12.2. The van der Waals surface area contributed by atoms with Gasteiger partial charge in [0.15, 0.2) is 5.13 Å². The van der Waals surface area contributed by atoms with Crippen LogP contribution in [0.25, 0.3) is 17.3 Å². The number of benzene rings is 5. The number of hydrogen-bond acceptors (Lipinski definition) is 8. The zero-order valence-corrected chi connectivity index (χ0v) is 31.6. The molecule has 3 N–H and O–H groups in total. The van der Waals surface area contributed by atoms with E-state index in [1.807, 2.05) is 134 Å². The van der Waals surface area contributed by atoms with Crippen LogP contribution in [0, 0.1) is 0 Å². The van der Waals surface area contributed by atoms with E-state index in [2.05, 4.69) is 20.9 Å². The molecule has 6 aromatic rings. The third-order valence-corrected chi connectivity index (χ3v) is 10.1. The third kappa shape index (κ3) is 10.0. The van der Waals surface area contributed by atoms with Crippen LogP contribution in [-0.4, -0.2) is 43.4 Å². The number of ether oxygens (including phenoxy) is 1. The molecule has 54 heavy (non-hydrogen) atoms. The number of aromatic nitrogens is 1. The van der Waals surface area contributed by atoms with E-state index < -0.39 is 17.1 Å². The van der Waals surface area contributed by atoms with Gasteiger partial charge in [0.2, 0.25) is 5.91 Å². The molecule has 3 amide bonds. The molecule has 6 rings (SSSR count). The molecule has 1 atom stereocenters. The zero-order valence-electron chi connectivity index (χ0n) is 30.0. The second-order valence-corrected chi connectivity index (χ2v) is 14.3. The highest BCUT2D eigenvalue weighted by Crippen LogP contribution is 2.38. The highest BCUT2D eigenvalue weighted by molar-refractivity contribution is 8.00. The highest BCUT2D eigenvalue weighted by atomic mass is 32.2. The molecule has 0 saturated carbocycles. The standard InChI is InChI=1S/C43H39N5O4S2/c1-4-52-35-24-20-30(21-25-35)38-28-53-43(46-38)47-42(51)39(31-12-7-5-8-13-31)54-36-17-11-16-33(27-36)44-41(50)37(45-40(49)32-14-9-6-10-15-32)26-29-18-22-34(23-19-29)48(2)3/h5-28,39H,4H2,1-3H3,(H,44,50)(H,45,49)(H,46,47,51)/b37-26+. The SMILES string of the molecule is CCOc1ccc(-c2csc(NC(=O)C(Sc3cccc(NC(=O)/C(=C\c4ccc(N(C)C)cc4)NC(=O)c4ccccc4)c3)c3ccccc3)n2)cc1. The van der Waals surface area contributed by atoms with Gasteiger partial charge in [0.05, 0.1) is 12.3 Å². The number of rotatable bonds is 14. The minimum Gasteiger partial charge on any atom is -0.494 e. The number of thioether (sulfide) groups is 1. The first kappa shape index (κ1) is 37.6. The van der Waals surface area contributed by atoms with Crippen molar-refractivity contribution in [2.45, 2.75) is 17.1 Å². The predicted molar refractivity (Wildman–Crippen MR) is 220 cm³/mol. The molecular formula is C43H39N5O4S2. The zero-order chi connectivity index (χ0) is 37.9. The van der Waals surface area contributed by atoms with Crippen molar-refractivity contribution in [1.29, 1.82) is 0 Å². The topological polar surface area (TPSA) is 113 Å². The Labute approximate surface area is 323 Å². The molecule has 0 fully saturated rings. The van der Waals surface area contributed by atoms with Crippen molar-refractivity contribution in [1.82, 2.24) is 10.3 Å². The molecule has 0 aliphatic heterocycles. The van der Waals surface area contributed by atoms with Gasteiger partial charge in [-0.25, -0.2) is 4.98 Å². The summed E-state index contributed by atoms with van der Waals surface area (Å²) >= 11 is 2.71. The number of carbonyl (C=O) groups excluding carboxylic acids is 3. The maximum atomic E-state index is 13.9. The van der Waals surface area contributed by atoms with Gasteiger partial charge in [-0.2, -0.15) is 0 Å². The maximum absolute atomic E-state index is 13.9. The number of nitrogens with zero attached hydrogens (tertiary/aromatic N) is 2. The molecule has 0 bridgehead atoms. The van der Waals surface area contributed by atoms with Crippen molar-refractivity contribution in [3.8, 4) is 17.0 Å². The van der Waals surface area contributed by atoms with E-state index in [9.17, 15) is 14.4 Å². The molecule has 9 nitrogen and oxygen atoms in total. The van der Waals surface area contributed by atoms with E-state index in [4.69, 9.17) is 4.74 Å². The Bertz CT molecular complexity index is 2220. The van der Waals surface area contributed by atoms with Crippen LogP contribution in [0.1, 0.15) is 33.7 Å². The van der Waals surface area contributed by atoms with Gasteiger partial charge in [-0.05, 0) is 90.9 Å². The number of anilines is 3. The fourth-order valence-corrected chi connectivity index (χ4v) is 7.19. The normalized spacial score (nSPS) is 11.6. The summed E-state index contributed by atoms with van der Waals surface area (Å²) in [6.07, 6.45) is 1.64. The fraction of sp³-hybridized carbons (Fsp3) is 0.116. The van der Waals surface area contributed by atoms with E-state index in [1.54, 1.807) is 36.4 Å². The summed E-state index contributed by atoms with van der Waals surface area (Å²) in [7, 11) is 3.90. The van der Waals surface area contributed by atoms with Gasteiger partial charge in [-0.3, -0.25) is 14.4 Å². The van der Waals surface area contributed by atoms with Gasteiger partial charge in [0.25, 0.3) is 11.8 Å². The summed E-state index contributed by atoms with van der Waals surface area (Å²) in [5.74, 6) is -0.353. The molecule has 0 spiro atoms. The van der Waals surface area contributed by atoms with Crippen molar-refractivity contribution in [2.75, 3.05) is 36.2 Å². The van der Waals surface area contributed by atoms with Crippen molar-refractivity contribution < 1.29 is 19.1 Å². The number of hydrogen-bond donors (Lipinski definition) is 3. The van der Waals surface area contributed by atoms with Crippen LogP contribution in [0.4, 0.5) is 16.5 Å². The van der Waals surface area contributed by atoms with Crippen LogP contribution in [0.3, 0.4) is 0 Å². The molecule has 1 heterocycles. The van der Waals surface area contributed by atoms with Crippen LogP contribution < -0.4 is 25.6 Å².